The molecule has 1 aliphatic rings. The van der Waals surface area contributed by atoms with Crippen LogP contribution in [-0.4, -0.2) is 26.3 Å². The number of rotatable bonds is 3. The molecule has 0 bridgehead atoms. The van der Waals surface area contributed by atoms with E-state index < -0.39 is 5.97 Å². The number of aromatic carboxylic acids is 1. The van der Waals surface area contributed by atoms with Crippen LogP contribution < -0.4 is 4.90 Å². The van der Waals surface area contributed by atoms with Crippen molar-refractivity contribution in [3.8, 4) is 0 Å². The third-order valence-electron chi connectivity index (χ3n) is 3.15. The summed E-state index contributed by atoms with van der Waals surface area (Å²) in [5, 5.41) is 9.07. The second kappa shape index (κ2) is 6.31. The summed E-state index contributed by atoms with van der Waals surface area (Å²) in [6.07, 6.45) is 5.02. The number of amides is 1. The number of thiocarbonyl (C=S) groups is 1. The van der Waals surface area contributed by atoms with Crippen molar-refractivity contribution in [1.82, 2.24) is 4.98 Å². The molecule has 23 heavy (non-hydrogen) atoms. The van der Waals surface area contributed by atoms with Crippen LogP contribution in [0.2, 0.25) is 0 Å². The topological polar surface area (TPSA) is 70.5 Å². The lowest BCUT2D eigenvalue weighted by Crippen LogP contribution is -2.27. The minimum absolute atomic E-state index is 0.106. The lowest BCUT2D eigenvalue weighted by molar-refractivity contribution is -0.113. The van der Waals surface area contributed by atoms with Crippen LogP contribution in [0.4, 0.5) is 5.69 Å². The number of aromatic nitrogens is 1. The van der Waals surface area contributed by atoms with Gasteiger partial charge in [-0.05, 0) is 42.0 Å². The van der Waals surface area contributed by atoms with Gasteiger partial charge in [0.2, 0.25) is 0 Å². The molecular formula is C16H10N2O3S2. The van der Waals surface area contributed by atoms with Gasteiger partial charge in [0.15, 0.2) is 4.32 Å². The molecule has 1 fully saturated rings. The predicted octanol–water partition coefficient (Wildman–Crippen LogP) is 3.19. The van der Waals surface area contributed by atoms with Crippen molar-refractivity contribution in [2.24, 2.45) is 0 Å². The number of carboxylic acids is 1. The van der Waals surface area contributed by atoms with E-state index in [9.17, 15) is 9.59 Å². The summed E-state index contributed by atoms with van der Waals surface area (Å²) < 4.78 is 0.373. The maximum Gasteiger partial charge on any atom is 0.335 e. The van der Waals surface area contributed by atoms with E-state index in [0.717, 1.165) is 5.56 Å². The molecule has 3 rings (SSSR count). The number of carbonyl (C=O) groups is 2. The fraction of sp³-hybridized carbons (Fsp3) is 0. The first-order chi connectivity index (χ1) is 11.1. The molecule has 1 N–H and O–H groups in total. The minimum Gasteiger partial charge on any atom is -0.478 e. The van der Waals surface area contributed by atoms with Gasteiger partial charge in [0.25, 0.3) is 5.91 Å². The Morgan fingerprint density at radius 2 is 2.00 bits per heavy atom. The Morgan fingerprint density at radius 1 is 1.26 bits per heavy atom. The van der Waals surface area contributed by atoms with Gasteiger partial charge in [-0.3, -0.25) is 14.7 Å². The van der Waals surface area contributed by atoms with Gasteiger partial charge in [0, 0.05) is 12.4 Å². The average Bonchev–Trinajstić information content (AvgIpc) is 2.82. The molecule has 2 aromatic rings. The van der Waals surface area contributed by atoms with E-state index in [1.165, 1.54) is 28.8 Å². The fourth-order valence-electron chi connectivity index (χ4n) is 2.08. The monoisotopic (exact) mass is 342 g/mol. The van der Waals surface area contributed by atoms with E-state index in [1.807, 2.05) is 0 Å². The molecule has 0 spiro atoms. The zero-order valence-electron chi connectivity index (χ0n) is 11.7. The van der Waals surface area contributed by atoms with E-state index in [4.69, 9.17) is 17.3 Å². The fourth-order valence-corrected chi connectivity index (χ4v) is 3.38. The summed E-state index contributed by atoms with van der Waals surface area (Å²) in [6, 6.07) is 9.73. The molecule has 0 unspecified atom stereocenters. The first kappa shape index (κ1) is 15.4. The van der Waals surface area contributed by atoms with Crippen molar-refractivity contribution < 1.29 is 14.7 Å². The number of carboxylic acid groups (broad SMARTS) is 1. The molecule has 0 saturated carbocycles. The van der Waals surface area contributed by atoms with Crippen LogP contribution in [0.25, 0.3) is 6.08 Å². The second-order valence-corrected chi connectivity index (χ2v) is 6.33. The van der Waals surface area contributed by atoms with E-state index in [2.05, 4.69) is 4.98 Å². The largest absolute Gasteiger partial charge is 0.478 e. The summed E-state index contributed by atoms with van der Waals surface area (Å²) >= 11 is 6.46. The molecule has 7 heteroatoms. The summed E-state index contributed by atoms with van der Waals surface area (Å²) in [6.45, 7) is 0. The Balaban J connectivity index is 1.95. The van der Waals surface area contributed by atoms with E-state index in [1.54, 1.807) is 42.7 Å². The lowest BCUT2D eigenvalue weighted by atomic mass is 10.2. The number of pyridine rings is 1. The molecule has 1 saturated heterocycles. The Kier molecular flexibility index (Phi) is 4.22. The van der Waals surface area contributed by atoms with Gasteiger partial charge in [0.05, 0.1) is 16.2 Å². The number of thioether (sulfide) groups is 1. The van der Waals surface area contributed by atoms with Gasteiger partial charge < -0.3 is 5.11 Å². The van der Waals surface area contributed by atoms with Crippen LogP contribution >= 0.6 is 24.0 Å². The number of anilines is 1. The molecule has 0 atom stereocenters. The van der Waals surface area contributed by atoms with Crippen molar-refractivity contribution in [1.29, 1.82) is 0 Å². The van der Waals surface area contributed by atoms with E-state index >= 15 is 0 Å². The first-order valence-electron chi connectivity index (χ1n) is 6.57. The SMILES string of the molecule is O=C(O)c1cccc(N2C(=O)/C(=C\c3ccncc3)SC2=S)c1. The van der Waals surface area contributed by atoms with Gasteiger partial charge >= 0.3 is 5.97 Å². The molecule has 5 nitrogen and oxygen atoms in total. The third kappa shape index (κ3) is 3.15. The summed E-state index contributed by atoms with van der Waals surface area (Å²) in [5.74, 6) is -1.32. The van der Waals surface area contributed by atoms with Gasteiger partial charge in [-0.25, -0.2) is 4.79 Å². The number of benzene rings is 1. The Morgan fingerprint density at radius 3 is 2.70 bits per heavy atom. The molecule has 114 valence electrons. The standard InChI is InChI=1S/C16H10N2O3S2/c19-14-13(8-10-4-6-17-7-5-10)23-16(22)18(14)12-3-1-2-11(9-12)15(20)21/h1-9H,(H,20,21)/b13-8+. The zero-order valence-corrected chi connectivity index (χ0v) is 13.3. The third-order valence-corrected chi connectivity index (χ3v) is 4.45. The number of carbonyl (C=O) groups excluding carboxylic acids is 1. The Hall–Kier alpha value is -2.51. The maximum absolute atomic E-state index is 12.6. The van der Waals surface area contributed by atoms with Gasteiger partial charge in [-0.2, -0.15) is 0 Å². The van der Waals surface area contributed by atoms with Crippen LogP contribution in [0, 0.1) is 0 Å². The van der Waals surface area contributed by atoms with Crippen LogP contribution in [0.3, 0.4) is 0 Å². The van der Waals surface area contributed by atoms with Gasteiger partial charge in [-0.15, -0.1) is 0 Å². The highest BCUT2D eigenvalue weighted by Gasteiger charge is 2.33. The zero-order chi connectivity index (χ0) is 16.4. The first-order valence-corrected chi connectivity index (χ1v) is 7.80. The van der Waals surface area contributed by atoms with Gasteiger partial charge in [0.1, 0.15) is 0 Å². The average molecular weight is 342 g/mol. The molecule has 0 aliphatic carbocycles. The van der Waals surface area contributed by atoms with E-state index in [-0.39, 0.29) is 11.5 Å². The molecule has 0 radical (unpaired) electrons. The van der Waals surface area contributed by atoms with E-state index in [0.29, 0.717) is 14.9 Å². The highest BCUT2D eigenvalue weighted by Crippen LogP contribution is 2.36. The van der Waals surface area contributed by atoms with Crippen LogP contribution in [0.5, 0.6) is 0 Å². The molecule has 1 aliphatic heterocycles. The van der Waals surface area contributed by atoms with Crippen LogP contribution in [0.1, 0.15) is 15.9 Å². The maximum atomic E-state index is 12.6. The second-order valence-electron chi connectivity index (χ2n) is 4.65. The van der Waals surface area contributed by atoms with Crippen molar-refractivity contribution >= 4 is 51.9 Å². The van der Waals surface area contributed by atoms with Crippen molar-refractivity contribution in [3.63, 3.8) is 0 Å². The van der Waals surface area contributed by atoms with Crippen molar-refractivity contribution in [3.05, 3.63) is 64.8 Å². The normalized spacial score (nSPS) is 16.2. The van der Waals surface area contributed by atoms with Crippen molar-refractivity contribution in [2.75, 3.05) is 4.90 Å². The number of hydrogen-bond acceptors (Lipinski definition) is 5. The Bertz CT molecular complexity index is 834. The molecule has 1 aromatic heterocycles. The Labute approximate surface area is 141 Å². The summed E-state index contributed by atoms with van der Waals surface area (Å²) in [5.41, 5.74) is 1.40. The van der Waals surface area contributed by atoms with Crippen LogP contribution in [0.15, 0.2) is 53.7 Å². The minimum atomic E-state index is -1.05. The quantitative estimate of drug-likeness (QED) is 0.682. The highest BCUT2D eigenvalue weighted by atomic mass is 32.2. The van der Waals surface area contributed by atoms with Gasteiger partial charge in [-0.1, -0.05) is 30.0 Å². The summed E-state index contributed by atoms with van der Waals surface area (Å²) in [7, 11) is 0. The summed E-state index contributed by atoms with van der Waals surface area (Å²) in [4.78, 5) is 29.4. The molecule has 1 aromatic carbocycles. The molecule has 1 amide bonds. The van der Waals surface area contributed by atoms with Crippen LogP contribution in [-0.2, 0) is 4.79 Å². The smallest absolute Gasteiger partial charge is 0.335 e. The molecular weight excluding hydrogens is 332 g/mol. The number of hydrogen-bond donors (Lipinski definition) is 1. The predicted molar refractivity (Wildman–Crippen MR) is 93.3 cm³/mol. The highest BCUT2D eigenvalue weighted by molar-refractivity contribution is 8.27. The number of nitrogens with zero attached hydrogens (tertiary/aromatic N) is 2. The van der Waals surface area contributed by atoms with Crippen molar-refractivity contribution in [2.45, 2.75) is 0 Å². The lowest BCUT2D eigenvalue weighted by Gasteiger charge is -2.14. The molecule has 2 heterocycles.